The molecule has 2 saturated heterocycles. The highest BCUT2D eigenvalue weighted by Crippen LogP contribution is 2.30. The van der Waals surface area contributed by atoms with Crippen molar-refractivity contribution < 1.29 is 4.79 Å². The fourth-order valence-corrected chi connectivity index (χ4v) is 4.08. The SMILES string of the molecule is CN(C(=O)c1cc(=O)[nH]c2ccccc12)C1CC2CCC(C1)N2. The zero-order valence-electron chi connectivity index (χ0n) is 13.2. The van der Waals surface area contributed by atoms with E-state index in [1.807, 2.05) is 36.2 Å². The number of hydrogen-bond donors (Lipinski definition) is 2. The average Bonchev–Trinajstić information content (AvgIpc) is 2.90. The number of hydrogen-bond acceptors (Lipinski definition) is 3. The van der Waals surface area contributed by atoms with Crippen LogP contribution in [0.15, 0.2) is 35.1 Å². The number of nitrogens with zero attached hydrogens (tertiary/aromatic N) is 1. The second kappa shape index (κ2) is 5.49. The summed E-state index contributed by atoms with van der Waals surface area (Å²) in [5.74, 6) is -0.0569. The summed E-state index contributed by atoms with van der Waals surface area (Å²) < 4.78 is 0. The Balaban J connectivity index is 1.67. The van der Waals surface area contributed by atoms with Crippen molar-refractivity contribution in [3.63, 3.8) is 0 Å². The molecule has 0 spiro atoms. The van der Waals surface area contributed by atoms with Gasteiger partial charge in [-0.25, -0.2) is 0 Å². The van der Waals surface area contributed by atoms with Crippen LogP contribution in [0.2, 0.25) is 0 Å². The predicted molar refractivity (Wildman–Crippen MR) is 89.6 cm³/mol. The molecular weight excluding hydrogens is 290 g/mol. The number of nitrogens with one attached hydrogen (secondary N) is 2. The minimum atomic E-state index is -0.231. The van der Waals surface area contributed by atoms with Gasteiger partial charge in [0.15, 0.2) is 0 Å². The van der Waals surface area contributed by atoms with Gasteiger partial charge in [-0.3, -0.25) is 9.59 Å². The van der Waals surface area contributed by atoms with E-state index >= 15 is 0 Å². The molecule has 1 amide bonds. The van der Waals surface area contributed by atoms with Crippen molar-refractivity contribution in [1.82, 2.24) is 15.2 Å². The summed E-state index contributed by atoms with van der Waals surface area (Å²) in [5.41, 5.74) is 0.977. The van der Waals surface area contributed by atoms with Crippen LogP contribution in [0.4, 0.5) is 0 Å². The van der Waals surface area contributed by atoms with Gasteiger partial charge in [0.05, 0.1) is 5.56 Å². The highest BCUT2D eigenvalue weighted by atomic mass is 16.2. The van der Waals surface area contributed by atoms with Crippen molar-refractivity contribution in [2.24, 2.45) is 0 Å². The summed E-state index contributed by atoms with van der Waals surface area (Å²) >= 11 is 0. The van der Waals surface area contributed by atoms with Crippen LogP contribution in [0, 0.1) is 0 Å². The highest BCUT2D eigenvalue weighted by Gasteiger charge is 2.36. The molecule has 4 rings (SSSR count). The molecule has 5 heteroatoms. The standard InChI is InChI=1S/C18H21N3O2/c1-21(13-8-11-6-7-12(9-13)19-11)18(23)15-10-17(22)20-16-5-3-2-4-14(15)16/h2-5,10-13,19H,6-9H2,1H3,(H,20,22). The number of aromatic nitrogens is 1. The molecule has 23 heavy (non-hydrogen) atoms. The number of para-hydroxylation sites is 1. The van der Waals surface area contributed by atoms with E-state index in [-0.39, 0.29) is 17.5 Å². The zero-order valence-corrected chi connectivity index (χ0v) is 13.2. The van der Waals surface area contributed by atoms with E-state index in [1.54, 1.807) is 0 Å². The summed E-state index contributed by atoms with van der Waals surface area (Å²) in [6, 6.07) is 10.2. The van der Waals surface area contributed by atoms with E-state index in [1.165, 1.54) is 18.9 Å². The predicted octanol–water partition coefficient (Wildman–Crippen LogP) is 1.88. The minimum absolute atomic E-state index is 0.0569. The monoisotopic (exact) mass is 311 g/mol. The van der Waals surface area contributed by atoms with Crippen LogP contribution >= 0.6 is 0 Å². The molecule has 2 bridgehead atoms. The first-order chi connectivity index (χ1) is 11.1. The van der Waals surface area contributed by atoms with Gasteiger partial charge in [0.1, 0.15) is 0 Å². The molecule has 2 N–H and O–H groups in total. The topological polar surface area (TPSA) is 65.2 Å². The van der Waals surface area contributed by atoms with Crippen molar-refractivity contribution in [3.8, 4) is 0 Å². The smallest absolute Gasteiger partial charge is 0.254 e. The lowest BCUT2D eigenvalue weighted by Gasteiger charge is -2.35. The summed E-state index contributed by atoms with van der Waals surface area (Å²) in [4.78, 5) is 29.5. The van der Waals surface area contributed by atoms with E-state index in [4.69, 9.17) is 0 Å². The maximum absolute atomic E-state index is 13.0. The molecule has 2 fully saturated rings. The number of aromatic amines is 1. The molecule has 2 atom stereocenters. The van der Waals surface area contributed by atoms with E-state index in [9.17, 15) is 9.59 Å². The number of fused-ring (bicyclic) bond motifs is 3. The number of H-pyrrole nitrogens is 1. The van der Waals surface area contributed by atoms with Crippen LogP contribution in [0.25, 0.3) is 10.9 Å². The number of piperidine rings is 1. The summed E-state index contributed by atoms with van der Waals surface area (Å²) in [7, 11) is 1.87. The Hall–Kier alpha value is -2.14. The summed E-state index contributed by atoms with van der Waals surface area (Å²) in [5, 5.41) is 4.41. The molecule has 3 heterocycles. The number of pyridine rings is 1. The van der Waals surface area contributed by atoms with Gasteiger partial charge in [-0.15, -0.1) is 0 Å². The van der Waals surface area contributed by atoms with Crippen molar-refractivity contribution in [1.29, 1.82) is 0 Å². The molecule has 1 aromatic heterocycles. The van der Waals surface area contributed by atoms with Crippen molar-refractivity contribution in [2.75, 3.05) is 7.05 Å². The number of carbonyl (C=O) groups excluding carboxylic acids is 1. The van der Waals surface area contributed by atoms with Crippen LogP contribution in [-0.2, 0) is 0 Å². The minimum Gasteiger partial charge on any atom is -0.339 e. The van der Waals surface area contributed by atoms with Gasteiger partial charge in [-0.1, -0.05) is 18.2 Å². The first-order valence-electron chi connectivity index (χ1n) is 8.27. The fourth-order valence-electron chi connectivity index (χ4n) is 4.08. The van der Waals surface area contributed by atoms with E-state index < -0.39 is 0 Å². The maximum Gasteiger partial charge on any atom is 0.254 e. The van der Waals surface area contributed by atoms with Crippen LogP contribution in [0.1, 0.15) is 36.0 Å². The third-order valence-electron chi connectivity index (χ3n) is 5.30. The lowest BCUT2D eigenvalue weighted by atomic mass is 9.97. The van der Waals surface area contributed by atoms with Crippen LogP contribution in [0.5, 0.6) is 0 Å². The molecule has 0 saturated carbocycles. The molecular formula is C18H21N3O2. The molecule has 120 valence electrons. The first-order valence-corrected chi connectivity index (χ1v) is 8.27. The lowest BCUT2D eigenvalue weighted by Crippen LogP contribution is -2.48. The van der Waals surface area contributed by atoms with Crippen LogP contribution in [0.3, 0.4) is 0 Å². The van der Waals surface area contributed by atoms with Gasteiger partial charge in [-0.2, -0.15) is 0 Å². The van der Waals surface area contributed by atoms with Gasteiger partial charge < -0.3 is 15.2 Å². The maximum atomic E-state index is 13.0. The number of rotatable bonds is 2. The molecule has 1 aromatic carbocycles. The normalized spacial score (nSPS) is 26.4. The van der Waals surface area contributed by atoms with Gasteiger partial charge in [-0.05, 0) is 31.7 Å². The van der Waals surface area contributed by atoms with E-state index in [0.717, 1.165) is 18.2 Å². The van der Waals surface area contributed by atoms with E-state index in [2.05, 4.69) is 10.3 Å². The second-order valence-corrected chi connectivity index (χ2v) is 6.77. The lowest BCUT2D eigenvalue weighted by molar-refractivity contribution is 0.0683. The fraction of sp³-hybridized carbons (Fsp3) is 0.444. The van der Waals surface area contributed by atoms with Crippen molar-refractivity contribution in [3.05, 3.63) is 46.2 Å². The molecule has 2 aromatic rings. The molecule has 0 radical (unpaired) electrons. The Morgan fingerprint density at radius 3 is 2.61 bits per heavy atom. The van der Waals surface area contributed by atoms with Crippen LogP contribution in [-0.4, -0.2) is 41.0 Å². The third-order valence-corrected chi connectivity index (χ3v) is 5.30. The first kappa shape index (κ1) is 14.5. The Labute approximate surface area is 134 Å². The molecule has 2 aliphatic rings. The summed E-state index contributed by atoms with van der Waals surface area (Å²) in [6.45, 7) is 0. The quantitative estimate of drug-likeness (QED) is 0.890. The molecule has 5 nitrogen and oxygen atoms in total. The van der Waals surface area contributed by atoms with Crippen molar-refractivity contribution in [2.45, 2.75) is 43.8 Å². The Kier molecular flexibility index (Phi) is 3.45. The zero-order chi connectivity index (χ0) is 16.0. The molecule has 2 aliphatic heterocycles. The number of carbonyl (C=O) groups is 1. The third kappa shape index (κ3) is 2.55. The highest BCUT2D eigenvalue weighted by molar-refractivity contribution is 6.05. The van der Waals surface area contributed by atoms with Gasteiger partial charge in [0.2, 0.25) is 5.56 Å². The average molecular weight is 311 g/mol. The largest absolute Gasteiger partial charge is 0.339 e. The Bertz CT molecular complexity index is 801. The molecule has 2 unspecified atom stereocenters. The van der Waals surface area contributed by atoms with E-state index in [0.29, 0.717) is 23.2 Å². The Morgan fingerprint density at radius 2 is 1.87 bits per heavy atom. The summed E-state index contributed by atoms with van der Waals surface area (Å²) in [6.07, 6.45) is 4.41. The Morgan fingerprint density at radius 1 is 1.17 bits per heavy atom. The van der Waals surface area contributed by atoms with Gasteiger partial charge in [0, 0.05) is 42.1 Å². The molecule has 0 aliphatic carbocycles. The van der Waals surface area contributed by atoms with Gasteiger partial charge >= 0.3 is 0 Å². The number of amides is 1. The van der Waals surface area contributed by atoms with Gasteiger partial charge in [0.25, 0.3) is 5.91 Å². The number of benzene rings is 1. The van der Waals surface area contributed by atoms with Crippen molar-refractivity contribution >= 4 is 16.8 Å². The van der Waals surface area contributed by atoms with Crippen LogP contribution < -0.4 is 10.9 Å². The second-order valence-electron chi connectivity index (χ2n) is 6.77.